The lowest BCUT2D eigenvalue weighted by molar-refractivity contribution is -0.117. The normalized spacial score (nSPS) is 22.4. The minimum Gasteiger partial charge on any atom is -0.301 e. The maximum Gasteiger partial charge on any atom is 0.244 e. The van der Waals surface area contributed by atoms with E-state index in [1.165, 1.54) is 10.4 Å². The van der Waals surface area contributed by atoms with Crippen LogP contribution in [-0.4, -0.2) is 34.4 Å². The Morgan fingerprint density at radius 3 is 2.93 bits per heavy atom. The Bertz CT molecular complexity index is 806. The first-order valence-corrected chi connectivity index (χ1v) is 10.9. The summed E-state index contributed by atoms with van der Waals surface area (Å²) in [5, 5.41) is 3.75. The van der Waals surface area contributed by atoms with E-state index in [1.54, 1.807) is 11.3 Å². The van der Waals surface area contributed by atoms with Crippen LogP contribution in [0.2, 0.25) is 0 Å². The molecule has 0 radical (unpaired) electrons. The fraction of sp³-hybridized carbons (Fsp3) is 0.524. The molecule has 1 aromatic carbocycles. The summed E-state index contributed by atoms with van der Waals surface area (Å²) in [5.41, 5.74) is 8.85. The molecule has 1 amide bonds. The molecule has 28 heavy (non-hydrogen) atoms. The van der Waals surface area contributed by atoms with Gasteiger partial charge in [-0.2, -0.15) is 0 Å². The van der Waals surface area contributed by atoms with Crippen molar-refractivity contribution in [1.29, 1.82) is 0 Å². The summed E-state index contributed by atoms with van der Waals surface area (Å²) in [7, 11) is 0. The molecule has 6 nitrogen and oxygen atoms in total. The number of hydrazine groups is 1. The molecular weight excluding hydrogens is 370 g/mol. The van der Waals surface area contributed by atoms with Crippen molar-refractivity contribution in [1.82, 2.24) is 20.7 Å². The van der Waals surface area contributed by atoms with E-state index < -0.39 is 0 Å². The molecule has 3 heterocycles. The Hall–Kier alpha value is -1.80. The summed E-state index contributed by atoms with van der Waals surface area (Å²) >= 11 is 1.62. The number of carbonyl (C=O) groups excluding carboxylic acids is 1. The van der Waals surface area contributed by atoms with E-state index >= 15 is 0 Å². The summed E-state index contributed by atoms with van der Waals surface area (Å²) in [6.07, 6.45) is 2.83. The Balaban J connectivity index is 1.32. The second-order valence-electron chi connectivity index (χ2n) is 8.23. The van der Waals surface area contributed by atoms with Gasteiger partial charge in [0.2, 0.25) is 5.91 Å². The number of nitrogens with zero attached hydrogens (tertiary/aromatic N) is 2. The van der Waals surface area contributed by atoms with Gasteiger partial charge in [-0.3, -0.25) is 15.1 Å². The van der Waals surface area contributed by atoms with Crippen LogP contribution in [0.15, 0.2) is 30.3 Å². The molecule has 2 atom stereocenters. The second-order valence-corrected chi connectivity index (χ2v) is 9.31. The Kier molecular flexibility index (Phi) is 6.06. The molecule has 1 aromatic heterocycles. The van der Waals surface area contributed by atoms with Gasteiger partial charge < -0.3 is 5.32 Å². The molecule has 0 saturated carbocycles. The van der Waals surface area contributed by atoms with E-state index in [2.05, 4.69) is 70.2 Å². The molecule has 3 N–H and O–H groups in total. The molecule has 2 aliphatic rings. The van der Waals surface area contributed by atoms with Gasteiger partial charge in [0.15, 0.2) is 5.13 Å². The van der Waals surface area contributed by atoms with Crippen LogP contribution in [0.4, 0.5) is 5.13 Å². The molecule has 1 saturated heterocycles. The second kappa shape index (κ2) is 8.69. The predicted octanol–water partition coefficient (Wildman–Crippen LogP) is 2.92. The number of rotatable bonds is 6. The minimum atomic E-state index is -0.195. The number of amides is 1. The standard InChI is InChI=1S/C21H29N5OS/c1-14(2)10-16-11-18(25-24-16)20(27)23-21-22-17-8-9-26(13-19(17)28-21)12-15-6-4-3-5-7-15/h3-7,14,16,18,24-25H,8-13H2,1-2H3,(H,22,23,27). The van der Waals surface area contributed by atoms with Crippen molar-refractivity contribution in [3.05, 3.63) is 46.5 Å². The highest BCUT2D eigenvalue weighted by atomic mass is 32.1. The lowest BCUT2D eigenvalue weighted by Crippen LogP contribution is -2.40. The van der Waals surface area contributed by atoms with Crippen LogP contribution in [0.1, 0.15) is 42.8 Å². The number of benzene rings is 1. The average molecular weight is 400 g/mol. The van der Waals surface area contributed by atoms with Gasteiger partial charge in [0, 0.05) is 37.0 Å². The number of thiazole rings is 1. The van der Waals surface area contributed by atoms with Gasteiger partial charge in [-0.25, -0.2) is 10.4 Å². The van der Waals surface area contributed by atoms with Crippen LogP contribution >= 0.6 is 11.3 Å². The van der Waals surface area contributed by atoms with Crippen LogP contribution in [0, 0.1) is 5.92 Å². The fourth-order valence-electron chi connectivity index (χ4n) is 3.99. The zero-order valence-electron chi connectivity index (χ0n) is 16.6. The molecular formula is C21H29N5OS. The first kappa shape index (κ1) is 19.5. The van der Waals surface area contributed by atoms with Gasteiger partial charge in [-0.05, 0) is 24.3 Å². The largest absolute Gasteiger partial charge is 0.301 e. The molecule has 0 spiro atoms. The van der Waals surface area contributed by atoms with Crippen molar-refractivity contribution in [2.75, 3.05) is 11.9 Å². The third-order valence-corrected chi connectivity index (χ3v) is 6.34. The highest BCUT2D eigenvalue weighted by Gasteiger charge is 2.30. The van der Waals surface area contributed by atoms with Gasteiger partial charge in [0.1, 0.15) is 6.04 Å². The molecule has 0 bridgehead atoms. The van der Waals surface area contributed by atoms with E-state index in [0.29, 0.717) is 12.0 Å². The van der Waals surface area contributed by atoms with Crippen molar-refractivity contribution in [2.45, 2.75) is 58.3 Å². The van der Waals surface area contributed by atoms with Crippen molar-refractivity contribution >= 4 is 22.4 Å². The summed E-state index contributed by atoms with van der Waals surface area (Å²) in [6.45, 7) is 7.27. The highest BCUT2D eigenvalue weighted by molar-refractivity contribution is 7.15. The summed E-state index contributed by atoms with van der Waals surface area (Å²) in [4.78, 5) is 21.0. The maximum atomic E-state index is 12.6. The Morgan fingerprint density at radius 2 is 2.14 bits per heavy atom. The van der Waals surface area contributed by atoms with Crippen LogP contribution in [-0.2, 0) is 24.3 Å². The molecule has 0 aliphatic carbocycles. The van der Waals surface area contributed by atoms with E-state index in [-0.39, 0.29) is 11.9 Å². The number of hydrogen-bond donors (Lipinski definition) is 3. The smallest absolute Gasteiger partial charge is 0.244 e. The van der Waals surface area contributed by atoms with Gasteiger partial charge >= 0.3 is 0 Å². The first-order chi connectivity index (χ1) is 13.6. The van der Waals surface area contributed by atoms with Gasteiger partial charge in [-0.1, -0.05) is 44.2 Å². The van der Waals surface area contributed by atoms with Crippen molar-refractivity contribution in [3.8, 4) is 0 Å². The predicted molar refractivity (Wildman–Crippen MR) is 113 cm³/mol. The first-order valence-electron chi connectivity index (χ1n) is 10.1. The van der Waals surface area contributed by atoms with Crippen LogP contribution < -0.4 is 16.2 Å². The maximum absolute atomic E-state index is 12.6. The lowest BCUT2D eigenvalue weighted by atomic mass is 10.00. The van der Waals surface area contributed by atoms with Crippen LogP contribution in [0.5, 0.6) is 0 Å². The quantitative estimate of drug-likeness (QED) is 0.697. The van der Waals surface area contributed by atoms with Gasteiger partial charge in [0.25, 0.3) is 0 Å². The summed E-state index contributed by atoms with van der Waals surface area (Å²) in [6, 6.07) is 10.7. The molecule has 2 aliphatic heterocycles. The monoisotopic (exact) mass is 399 g/mol. The number of anilines is 1. The van der Waals surface area contributed by atoms with Crippen LogP contribution in [0.25, 0.3) is 0 Å². The van der Waals surface area contributed by atoms with Gasteiger partial charge in [0.05, 0.1) is 5.69 Å². The number of nitrogens with one attached hydrogen (secondary N) is 3. The topological polar surface area (TPSA) is 69.3 Å². The lowest BCUT2D eigenvalue weighted by Gasteiger charge is -2.25. The Morgan fingerprint density at radius 1 is 1.32 bits per heavy atom. The van der Waals surface area contributed by atoms with Gasteiger partial charge in [-0.15, -0.1) is 11.3 Å². The highest BCUT2D eigenvalue weighted by Crippen LogP contribution is 2.29. The fourth-order valence-corrected chi connectivity index (χ4v) is 5.04. The number of aromatic nitrogens is 1. The van der Waals surface area contributed by atoms with E-state index in [4.69, 9.17) is 0 Å². The Labute approximate surface area is 170 Å². The minimum absolute atomic E-state index is 0.00555. The van der Waals surface area contributed by atoms with Crippen molar-refractivity contribution in [3.63, 3.8) is 0 Å². The van der Waals surface area contributed by atoms with E-state index in [9.17, 15) is 4.79 Å². The summed E-state index contributed by atoms with van der Waals surface area (Å²) in [5.74, 6) is 0.622. The van der Waals surface area contributed by atoms with E-state index in [1.807, 2.05) is 0 Å². The average Bonchev–Trinajstić information content (AvgIpc) is 3.28. The summed E-state index contributed by atoms with van der Waals surface area (Å²) < 4.78 is 0. The zero-order valence-corrected chi connectivity index (χ0v) is 17.4. The molecule has 4 rings (SSSR count). The number of carbonyl (C=O) groups is 1. The SMILES string of the molecule is CC(C)CC1CC(C(=O)Nc2nc3c(s2)CN(Cc2ccccc2)CC3)NN1. The van der Waals surface area contributed by atoms with Crippen molar-refractivity contribution in [2.24, 2.45) is 5.92 Å². The molecule has 2 unspecified atom stereocenters. The zero-order chi connectivity index (χ0) is 19.5. The van der Waals surface area contributed by atoms with Crippen molar-refractivity contribution < 1.29 is 4.79 Å². The van der Waals surface area contributed by atoms with Crippen LogP contribution in [0.3, 0.4) is 0 Å². The third kappa shape index (κ3) is 4.78. The third-order valence-electron chi connectivity index (χ3n) is 5.34. The number of hydrogen-bond acceptors (Lipinski definition) is 6. The van der Waals surface area contributed by atoms with E-state index in [0.717, 1.165) is 49.7 Å². The molecule has 7 heteroatoms. The molecule has 150 valence electrons. The number of fused-ring (bicyclic) bond motifs is 1. The molecule has 1 fully saturated rings. The molecule has 2 aromatic rings.